The summed E-state index contributed by atoms with van der Waals surface area (Å²) >= 11 is 0. The highest BCUT2D eigenvalue weighted by Crippen LogP contribution is 2.31. The average molecular weight is 640 g/mol. The summed E-state index contributed by atoms with van der Waals surface area (Å²) in [6.45, 7) is 12.4. The van der Waals surface area contributed by atoms with Crippen LogP contribution in [-0.4, -0.2) is 60.4 Å². The lowest BCUT2D eigenvalue weighted by Gasteiger charge is -2.33. The third-order valence-electron chi connectivity index (χ3n) is 9.33. The van der Waals surface area contributed by atoms with Crippen molar-refractivity contribution in [2.24, 2.45) is 0 Å². The van der Waals surface area contributed by atoms with Crippen molar-refractivity contribution in [3.63, 3.8) is 0 Å². The normalized spacial score (nSPS) is 12.8. The minimum absolute atomic E-state index is 0.0114. The number of carbonyl (C=O) groups is 2. The van der Waals surface area contributed by atoms with Crippen LogP contribution in [0, 0.1) is 0 Å². The van der Waals surface area contributed by atoms with Crippen LogP contribution in [0.5, 0.6) is 0 Å². The fraction of sp³-hybridized carbons (Fsp3) is 0.949. The van der Waals surface area contributed by atoms with E-state index >= 15 is 0 Å². The molecule has 6 heteroatoms. The first kappa shape index (κ1) is 43.9. The van der Waals surface area contributed by atoms with Gasteiger partial charge in [0.2, 0.25) is 0 Å². The van der Waals surface area contributed by atoms with Gasteiger partial charge < -0.3 is 19.5 Å². The number of nitrogens with zero attached hydrogens (tertiary/aromatic N) is 1. The van der Waals surface area contributed by atoms with Crippen LogP contribution in [0.3, 0.4) is 0 Å². The number of hydrogen-bond acceptors (Lipinski definition) is 6. The van der Waals surface area contributed by atoms with Crippen molar-refractivity contribution >= 4 is 11.9 Å². The van der Waals surface area contributed by atoms with Crippen LogP contribution < -0.4 is 0 Å². The minimum Gasteiger partial charge on any atom is -0.466 e. The first-order valence-electron chi connectivity index (χ1n) is 19.7. The van der Waals surface area contributed by atoms with E-state index in [4.69, 9.17) is 9.47 Å². The zero-order valence-corrected chi connectivity index (χ0v) is 30.7. The lowest BCUT2D eigenvalue weighted by Crippen LogP contribution is -2.34. The van der Waals surface area contributed by atoms with E-state index in [-0.39, 0.29) is 24.1 Å². The van der Waals surface area contributed by atoms with Crippen molar-refractivity contribution in [1.29, 1.82) is 0 Å². The topological polar surface area (TPSA) is 76.1 Å². The van der Waals surface area contributed by atoms with Crippen LogP contribution in [0.1, 0.15) is 201 Å². The Balaban J connectivity index is 4.13. The van der Waals surface area contributed by atoms with Crippen molar-refractivity contribution < 1.29 is 24.2 Å². The van der Waals surface area contributed by atoms with Gasteiger partial charge in [0.15, 0.2) is 0 Å². The monoisotopic (exact) mass is 640 g/mol. The predicted molar refractivity (Wildman–Crippen MR) is 191 cm³/mol. The molecule has 268 valence electrons. The Morgan fingerprint density at radius 3 is 1.51 bits per heavy atom. The molecule has 1 atom stereocenters. The summed E-state index contributed by atoms with van der Waals surface area (Å²) < 4.78 is 11.5. The molecule has 0 rings (SSSR count). The molecule has 0 saturated carbocycles. The SMILES string of the molecule is CCCCCCCC(CC)(CCCCCC)OC(=O)CCCCCCCN(CCO)CCCCCCCC(=O)OCCCCC. The molecule has 0 fully saturated rings. The molecule has 45 heavy (non-hydrogen) atoms. The molecule has 0 amide bonds. The summed E-state index contributed by atoms with van der Waals surface area (Å²) in [6.07, 6.45) is 29.4. The molecule has 0 heterocycles. The summed E-state index contributed by atoms with van der Waals surface area (Å²) in [4.78, 5) is 27.0. The molecule has 0 aromatic carbocycles. The van der Waals surface area contributed by atoms with Gasteiger partial charge in [0.25, 0.3) is 0 Å². The Bertz CT molecular complexity index is 657. The number of carbonyl (C=O) groups excluding carboxylic acids is 2. The molecule has 0 aliphatic heterocycles. The fourth-order valence-electron chi connectivity index (χ4n) is 6.23. The minimum atomic E-state index is -0.255. The number of aliphatic hydroxyl groups is 1. The first-order valence-corrected chi connectivity index (χ1v) is 19.7. The molecule has 6 nitrogen and oxygen atoms in total. The van der Waals surface area contributed by atoms with Gasteiger partial charge in [0.1, 0.15) is 5.60 Å². The Kier molecular flexibility index (Phi) is 32.0. The van der Waals surface area contributed by atoms with E-state index in [2.05, 4.69) is 32.6 Å². The maximum atomic E-state index is 12.9. The van der Waals surface area contributed by atoms with Crippen molar-refractivity contribution in [3.05, 3.63) is 0 Å². The van der Waals surface area contributed by atoms with Gasteiger partial charge in [-0.3, -0.25) is 9.59 Å². The zero-order valence-electron chi connectivity index (χ0n) is 30.7. The molecular weight excluding hydrogens is 562 g/mol. The van der Waals surface area contributed by atoms with Crippen LogP contribution in [0.15, 0.2) is 0 Å². The van der Waals surface area contributed by atoms with Crippen LogP contribution in [-0.2, 0) is 19.1 Å². The summed E-state index contributed by atoms with van der Waals surface area (Å²) in [5, 5.41) is 9.50. The highest BCUT2D eigenvalue weighted by molar-refractivity contribution is 5.70. The highest BCUT2D eigenvalue weighted by Gasteiger charge is 2.31. The van der Waals surface area contributed by atoms with Gasteiger partial charge in [-0.2, -0.15) is 0 Å². The summed E-state index contributed by atoms with van der Waals surface area (Å²) in [7, 11) is 0. The molecule has 0 bridgehead atoms. The molecule has 0 radical (unpaired) electrons. The zero-order chi connectivity index (χ0) is 33.3. The van der Waals surface area contributed by atoms with E-state index in [0.717, 1.165) is 116 Å². The molecule has 0 aromatic heterocycles. The average Bonchev–Trinajstić information content (AvgIpc) is 3.03. The maximum Gasteiger partial charge on any atom is 0.306 e. The lowest BCUT2D eigenvalue weighted by atomic mass is 9.87. The second-order valence-corrected chi connectivity index (χ2v) is 13.5. The molecule has 0 spiro atoms. The van der Waals surface area contributed by atoms with E-state index in [9.17, 15) is 14.7 Å². The first-order chi connectivity index (χ1) is 22.0. The van der Waals surface area contributed by atoms with Crippen LogP contribution in [0.2, 0.25) is 0 Å². The van der Waals surface area contributed by atoms with Crippen LogP contribution in [0.25, 0.3) is 0 Å². The number of rotatable bonds is 35. The van der Waals surface area contributed by atoms with E-state index in [1.54, 1.807) is 0 Å². The Morgan fingerprint density at radius 1 is 0.533 bits per heavy atom. The molecule has 0 saturated heterocycles. The third-order valence-corrected chi connectivity index (χ3v) is 9.33. The highest BCUT2D eigenvalue weighted by atomic mass is 16.6. The predicted octanol–water partition coefficient (Wildman–Crippen LogP) is 10.7. The Morgan fingerprint density at radius 2 is 0.978 bits per heavy atom. The fourth-order valence-corrected chi connectivity index (χ4v) is 6.23. The summed E-state index contributed by atoms with van der Waals surface area (Å²) in [5.41, 5.74) is -0.255. The van der Waals surface area contributed by atoms with Crippen LogP contribution in [0.4, 0.5) is 0 Å². The molecular formula is C39H77NO5. The number of ether oxygens (including phenoxy) is 2. The largest absolute Gasteiger partial charge is 0.466 e. The number of hydrogen-bond donors (Lipinski definition) is 1. The third kappa shape index (κ3) is 27.7. The van der Waals surface area contributed by atoms with E-state index in [1.165, 1.54) is 64.2 Å². The smallest absolute Gasteiger partial charge is 0.306 e. The molecule has 0 aliphatic rings. The van der Waals surface area contributed by atoms with Crippen molar-refractivity contribution in [3.8, 4) is 0 Å². The number of aliphatic hydroxyl groups excluding tert-OH is 1. The quantitative estimate of drug-likeness (QED) is 0.0549. The van der Waals surface area contributed by atoms with Gasteiger partial charge in [0, 0.05) is 19.4 Å². The van der Waals surface area contributed by atoms with Crippen molar-refractivity contribution in [2.75, 3.05) is 32.8 Å². The number of esters is 2. The second-order valence-electron chi connectivity index (χ2n) is 13.5. The van der Waals surface area contributed by atoms with Gasteiger partial charge in [-0.25, -0.2) is 0 Å². The molecule has 0 aliphatic carbocycles. The Hall–Kier alpha value is -1.14. The van der Waals surface area contributed by atoms with Crippen LogP contribution >= 0.6 is 0 Å². The van der Waals surface area contributed by atoms with Gasteiger partial charge in [0.05, 0.1) is 13.2 Å². The maximum absolute atomic E-state index is 12.9. The molecule has 1 N–H and O–H groups in total. The van der Waals surface area contributed by atoms with E-state index < -0.39 is 0 Å². The van der Waals surface area contributed by atoms with Crippen molar-refractivity contribution in [1.82, 2.24) is 4.90 Å². The Labute approximate surface area is 280 Å². The molecule has 0 aromatic rings. The van der Waals surface area contributed by atoms with E-state index in [0.29, 0.717) is 19.4 Å². The summed E-state index contributed by atoms with van der Waals surface area (Å²) in [5.74, 6) is -0.0345. The van der Waals surface area contributed by atoms with Crippen molar-refractivity contribution in [2.45, 2.75) is 207 Å². The van der Waals surface area contributed by atoms with Gasteiger partial charge in [-0.05, 0) is 77.3 Å². The standard InChI is InChI=1S/C39H77NO5/c1-5-9-12-18-24-31-39(8-4,30-23-13-10-6-2)45-38(43)29-22-17-15-20-26-33-40(34-35-41)32-25-19-14-16-21-28-37(42)44-36-27-11-7-3/h41H,5-36H2,1-4H3. The number of unbranched alkanes of at least 4 members (excludes halogenated alkanes) is 17. The van der Waals surface area contributed by atoms with Gasteiger partial charge in [-0.1, -0.05) is 124 Å². The van der Waals surface area contributed by atoms with Gasteiger partial charge in [-0.15, -0.1) is 0 Å². The lowest BCUT2D eigenvalue weighted by molar-refractivity contribution is -0.162. The van der Waals surface area contributed by atoms with Gasteiger partial charge >= 0.3 is 11.9 Å². The molecule has 1 unspecified atom stereocenters. The van der Waals surface area contributed by atoms with E-state index in [1.807, 2.05) is 0 Å². The second kappa shape index (κ2) is 32.8. The summed E-state index contributed by atoms with van der Waals surface area (Å²) in [6, 6.07) is 0.